The zero-order valence-corrected chi connectivity index (χ0v) is 21.4. The maximum atomic E-state index is 13.5. The van der Waals surface area contributed by atoms with Gasteiger partial charge in [0.15, 0.2) is 0 Å². The van der Waals surface area contributed by atoms with E-state index in [1.807, 2.05) is 49.1 Å². The van der Waals surface area contributed by atoms with Gasteiger partial charge in [-0.25, -0.2) is 9.97 Å². The molecule has 4 rings (SSSR count). The molecule has 0 radical (unpaired) electrons. The van der Waals surface area contributed by atoms with Crippen LogP contribution in [0, 0.1) is 13.8 Å². The van der Waals surface area contributed by atoms with Crippen molar-refractivity contribution >= 4 is 23.3 Å². The number of hydrogen-bond donors (Lipinski definition) is 0. The predicted octanol–water partition coefficient (Wildman–Crippen LogP) is 4.71. The lowest BCUT2D eigenvalue weighted by Crippen LogP contribution is -2.36. The molecule has 0 N–H and O–H groups in total. The van der Waals surface area contributed by atoms with Crippen LogP contribution < -0.4 is 14.4 Å². The third-order valence-electron chi connectivity index (χ3n) is 6.32. The van der Waals surface area contributed by atoms with Crippen LogP contribution in [0.15, 0.2) is 42.5 Å². The summed E-state index contributed by atoms with van der Waals surface area (Å²) in [6, 6.07) is 13.3. The van der Waals surface area contributed by atoms with Gasteiger partial charge in [-0.05, 0) is 50.1 Å². The van der Waals surface area contributed by atoms with Crippen molar-refractivity contribution in [2.75, 3.05) is 45.3 Å². The van der Waals surface area contributed by atoms with Crippen molar-refractivity contribution in [2.24, 2.45) is 0 Å². The van der Waals surface area contributed by atoms with Crippen LogP contribution in [0.3, 0.4) is 0 Å². The second kappa shape index (κ2) is 11.0. The van der Waals surface area contributed by atoms with Gasteiger partial charge in [-0.15, -0.1) is 0 Å². The number of benzene rings is 2. The van der Waals surface area contributed by atoms with Crippen LogP contribution in [0.2, 0.25) is 5.02 Å². The Morgan fingerprint density at radius 1 is 0.943 bits per heavy atom. The summed E-state index contributed by atoms with van der Waals surface area (Å²) in [5.74, 6) is 2.63. The molecule has 8 heteroatoms. The van der Waals surface area contributed by atoms with Gasteiger partial charge in [-0.1, -0.05) is 29.8 Å². The molecule has 1 fully saturated rings. The Bertz CT molecular complexity index is 1180. The molecular formula is C27H31ClN4O3. The summed E-state index contributed by atoms with van der Waals surface area (Å²) in [7, 11) is 3.13. The summed E-state index contributed by atoms with van der Waals surface area (Å²) in [5, 5.41) is 0.717. The first-order valence-electron chi connectivity index (χ1n) is 11.7. The lowest BCUT2D eigenvalue weighted by Gasteiger charge is -2.26. The van der Waals surface area contributed by atoms with Crippen molar-refractivity contribution in [3.8, 4) is 11.5 Å². The highest BCUT2D eigenvalue weighted by Gasteiger charge is 2.27. The molecule has 0 atom stereocenters. The van der Waals surface area contributed by atoms with Gasteiger partial charge in [0.1, 0.15) is 28.7 Å². The van der Waals surface area contributed by atoms with Crippen molar-refractivity contribution in [2.45, 2.75) is 26.7 Å². The first-order valence-corrected chi connectivity index (χ1v) is 12.1. The van der Waals surface area contributed by atoms with Crippen molar-refractivity contribution in [3.05, 3.63) is 75.7 Å². The summed E-state index contributed by atoms with van der Waals surface area (Å²) >= 11 is 6.08. The van der Waals surface area contributed by atoms with E-state index in [0.717, 1.165) is 52.9 Å². The molecule has 1 amide bonds. The second-order valence-electron chi connectivity index (χ2n) is 8.63. The van der Waals surface area contributed by atoms with Gasteiger partial charge in [0.25, 0.3) is 5.91 Å². The lowest BCUT2D eigenvalue weighted by molar-refractivity contribution is 0.0760. The summed E-state index contributed by atoms with van der Waals surface area (Å²) in [6.07, 6.45) is 1.54. The fourth-order valence-corrected chi connectivity index (χ4v) is 4.67. The molecule has 1 aromatic heterocycles. The van der Waals surface area contributed by atoms with E-state index in [0.29, 0.717) is 36.7 Å². The molecule has 0 aliphatic carbocycles. The molecule has 0 bridgehead atoms. The summed E-state index contributed by atoms with van der Waals surface area (Å²) in [5.41, 5.74) is 3.69. The Balaban J connectivity index is 1.58. The van der Waals surface area contributed by atoms with Crippen molar-refractivity contribution in [3.63, 3.8) is 0 Å². The fourth-order valence-electron chi connectivity index (χ4n) is 4.55. The van der Waals surface area contributed by atoms with Crippen LogP contribution in [-0.2, 0) is 6.42 Å². The third-order valence-corrected chi connectivity index (χ3v) is 6.57. The summed E-state index contributed by atoms with van der Waals surface area (Å²) < 4.78 is 10.9. The van der Waals surface area contributed by atoms with E-state index < -0.39 is 0 Å². The minimum absolute atomic E-state index is 0.0856. The van der Waals surface area contributed by atoms with Crippen LogP contribution in [0.4, 0.5) is 5.82 Å². The highest BCUT2D eigenvalue weighted by atomic mass is 35.5. The van der Waals surface area contributed by atoms with Crippen LogP contribution in [0.1, 0.15) is 39.4 Å². The average Bonchev–Trinajstić information content (AvgIpc) is 3.12. The number of methoxy groups -OCH3 is 2. The van der Waals surface area contributed by atoms with Gasteiger partial charge in [0, 0.05) is 48.9 Å². The van der Waals surface area contributed by atoms with E-state index in [-0.39, 0.29) is 5.91 Å². The molecule has 1 aliphatic rings. The molecule has 3 aromatic rings. The first kappa shape index (κ1) is 24.8. The van der Waals surface area contributed by atoms with Gasteiger partial charge >= 0.3 is 0 Å². The zero-order valence-electron chi connectivity index (χ0n) is 20.7. The number of ether oxygens (including phenoxy) is 2. The van der Waals surface area contributed by atoms with Gasteiger partial charge in [0.2, 0.25) is 0 Å². The molecule has 0 unspecified atom stereocenters. The average molecular weight is 495 g/mol. The van der Waals surface area contributed by atoms with Crippen LogP contribution >= 0.6 is 11.6 Å². The van der Waals surface area contributed by atoms with E-state index in [1.165, 1.54) is 0 Å². The number of anilines is 1. The van der Waals surface area contributed by atoms with Crippen molar-refractivity contribution in [1.82, 2.24) is 14.9 Å². The van der Waals surface area contributed by atoms with Crippen LogP contribution in [-0.4, -0.2) is 61.2 Å². The molecule has 1 saturated heterocycles. The maximum Gasteiger partial charge on any atom is 0.261 e. The number of carbonyl (C=O) groups is 1. The Hall–Kier alpha value is -3.32. The number of aryl methyl sites for hydroxylation is 2. The monoisotopic (exact) mass is 494 g/mol. The molecule has 35 heavy (non-hydrogen) atoms. The van der Waals surface area contributed by atoms with E-state index in [4.69, 9.17) is 26.1 Å². The normalized spacial score (nSPS) is 14.0. The number of halogens is 1. The Morgan fingerprint density at radius 2 is 1.63 bits per heavy atom. The SMILES string of the molecule is COc1cccc(OC)c1C(=O)N1CCCN(c2nc(C)nc(C)c2Cc2ccc(Cl)cc2)CC1. The molecule has 184 valence electrons. The quantitative estimate of drug-likeness (QED) is 0.494. The van der Waals surface area contributed by atoms with Crippen molar-refractivity contribution in [1.29, 1.82) is 0 Å². The van der Waals surface area contributed by atoms with Gasteiger partial charge in [0.05, 0.1) is 14.2 Å². The highest BCUT2D eigenvalue weighted by molar-refractivity contribution is 6.30. The number of nitrogens with zero attached hydrogens (tertiary/aromatic N) is 4. The molecule has 7 nitrogen and oxygen atoms in total. The minimum atomic E-state index is -0.0856. The number of aromatic nitrogens is 2. The molecule has 2 aromatic carbocycles. The molecule has 1 aliphatic heterocycles. The lowest BCUT2D eigenvalue weighted by atomic mass is 10.0. The Morgan fingerprint density at radius 3 is 2.29 bits per heavy atom. The Kier molecular flexibility index (Phi) is 7.76. The van der Waals surface area contributed by atoms with E-state index >= 15 is 0 Å². The summed E-state index contributed by atoms with van der Waals surface area (Å²) in [6.45, 7) is 6.65. The van der Waals surface area contributed by atoms with Gasteiger partial charge in [-0.2, -0.15) is 0 Å². The highest BCUT2D eigenvalue weighted by Crippen LogP contribution is 2.31. The van der Waals surface area contributed by atoms with E-state index in [9.17, 15) is 4.79 Å². The molecular weight excluding hydrogens is 464 g/mol. The van der Waals surface area contributed by atoms with E-state index in [2.05, 4.69) is 9.88 Å². The molecule has 2 heterocycles. The standard InChI is InChI=1S/C27H31ClN4O3/c1-18-22(17-20-9-11-21(28)12-10-20)26(30-19(2)29-18)31-13-6-14-32(16-15-31)27(33)25-23(34-3)7-5-8-24(25)35-4/h5,7-12H,6,13-17H2,1-4H3. The fraction of sp³-hybridized carbons (Fsp3) is 0.370. The third kappa shape index (κ3) is 5.51. The maximum absolute atomic E-state index is 13.5. The number of carbonyl (C=O) groups excluding carboxylic acids is 1. The zero-order chi connectivity index (χ0) is 24.9. The topological polar surface area (TPSA) is 67.8 Å². The van der Waals surface area contributed by atoms with Crippen molar-refractivity contribution < 1.29 is 14.3 Å². The van der Waals surface area contributed by atoms with Gasteiger partial charge < -0.3 is 19.3 Å². The first-order chi connectivity index (χ1) is 16.9. The number of amides is 1. The van der Waals surface area contributed by atoms with Gasteiger partial charge in [-0.3, -0.25) is 4.79 Å². The van der Waals surface area contributed by atoms with E-state index in [1.54, 1.807) is 26.4 Å². The van der Waals surface area contributed by atoms with Crippen LogP contribution in [0.5, 0.6) is 11.5 Å². The largest absolute Gasteiger partial charge is 0.496 e. The van der Waals surface area contributed by atoms with Crippen LogP contribution in [0.25, 0.3) is 0 Å². The predicted molar refractivity (Wildman–Crippen MR) is 138 cm³/mol. The Labute approximate surface area is 211 Å². The molecule has 0 spiro atoms. The number of rotatable bonds is 6. The molecule has 0 saturated carbocycles. The number of hydrogen-bond acceptors (Lipinski definition) is 6. The minimum Gasteiger partial charge on any atom is -0.496 e. The second-order valence-corrected chi connectivity index (χ2v) is 9.07. The smallest absolute Gasteiger partial charge is 0.261 e. The summed E-state index contributed by atoms with van der Waals surface area (Å²) in [4.78, 5) is 27.1.